The molecular formula is C17H15FN4O3S. The molecule has 0 saturated heterocycles. The Kier molecular flexibility index (Phi) is 5.47. The second-order valence-corrected chi connectivity index (χ2v) is 6.07. The van der Waals surface area contributed by atoms with E-state index in [1.165, 1.54) is 42.8 Å². The quantitative estimate of drug-likeness (QED) is 0.465. The first-order valence-corrected chi connectivity index (χ1v) is 8.53. The van der Waals surface area contributed by atoms with Gasteiger partial charge in [-0.2, -0.15) is 4.68 Å². The van der Waals surface area contributed by atoms with Gasteiger partial charge in [-0.25, -0.2) is 4.39 Å². The van der Waals surface area contributed by atoms with Gasteiger partial charge in [0.1, 0.15) is 17.3 Å². The van der Waals surface area contributed by atoms with Gasteiger partial charge in [-0.3, -0.25) is 4.79 Å². The van der Waals surface area contributed by atoms with Crippen LogP contribution in [0.5, 0.6) is 11.5 Å². The lowest BCUT2D eigenvalue weighted by atomic mass is 10.1. The first-order chi connectivity index (χ1) is 12.6. The molecule has 0 aliphatic heterocycles. The maximum absolute atomic E-state index is 13.1. The van der Waals surface area contributed by atoms with Crippen LogP contribution in [0.25, 0.3) is 5.69 Å². The Bertz CT molecular complexity index is 915. The molecule has 3 aromatic rings. The molecule has 0 unspecified atom stereocenters. The van der Waals surface area contributed by atoms with Crippen LogP contribution in [0.4, 0.5) is 4.39 Å². The number of methoxy groups -OCH3 is 2. The number of Topliss-reactive ketones (excluding diaryl/α,β-unsaturated/α-hetero) is 1. The van der Waals surface area contributed by atoms with Crippen LogP contribution in [-0.2, 0) is 0 Å². The Balaban J connectivity index is 1.77. The van der Waals surface area contributed by atoms with Crippen LogP contribution in [-0.4, -0.2) is 46.0 Å². The molecule has 9 heteroatoms. The zero-order chi connectivity index (χ0) is 18.5. The molecule has 0 amide bonds. The molecule has 7 nitrogen and oxygen atoms in total. The first kappa shape index (κ1) is 17.9. The van der Waals surface area contributed by atoms with E-state index in [9.17, 15) is 9.18 Å². The van der Waals surface area contributed by atoms with Crippen molar-refractivity contribution in [2.75, 3.05) is 20.0 Å². The van der Waals surface area contributed by atoms with Crippen LogP contribution in [0.1, 0.15) is 10.4 Å². The van der Waals surface area contributed by atoms with Gasteiger partial charge in [-0.05, 0) is 52.9 Å². The highest BCUT2D eigenvalue weighted by Gasteiger charge is 2.17. The normalized spacial score (nSPS) is 10.6. The van der Waals surface area contributed by atoms with Gasteiger partial charge < -0.3 is 9.47 Å². The molecule has 0 saturated carbocycles. The number of aromatic nitrogens is 4. The van der Waals surface area contributed by atoms with Crippen LogP contribution in [0.15, 0.2) is 47.6 Å². The maximum atomic E-state index is 13.1. The molecule has 1 aromatic heterocycles. The van der Waals surface area contributed by atoms with Gasteiger partial charge >= 0.3 is 0 Å². The van der Waals surface area contributed by atoms with Crippen molar-refractivity contribution in [3.8, 4) is 17.2 Å². The molecule has 0 atom stereocenters. The minimum absolute atomic E-state index is 0.102. The average molecular weight is 374 g/mol. The zero-order valence-electron chi connectivity index (χ0n) is 14.0. The summed E-state index contributed by atoms with van der Waals surface area (Å²) in [7, 11) is 3.03. The number of tetrazole rings is 1. The largest absolute Gasteiger partial charge is 0.497 e. The fraction of sp³-hybridized carbons (Fsp3) is 0.176. The Labute approximate surface area is 153 Å². The van der Waals surface area contributed by atoms with E-state index >= 15 is 0 Å². The van der Waals surface area contributed by atoms with Gasteiger partial charge in [-0.15, -0.1) is 5.10 Å². The van der Waals surface area contributed by atoms with E-state index in [-0.39, 0.29) is 17.4 Å². The molecule has 1 heterocycles. The molecule has 0 aliphatic carbocycles. The standard InChI is InChI=1S/C17H15FN4O3S/c1-24-13-7-8-16(25-2)14(9-13)15(23)10-26-17-19-20-21-22(17)12-5-3-11(18)4-6-12/h3-9H,10H2,1-2H3. The van der Waals surface area contributed by atoms with Gasteiger partial charge in [0.25, 0.3) is 0 Å². The summed E-state index contributed by atoms with van der Waals surface area (Å²) >= 11 is 1.18. The maximum Gasteiger partial charge on any atom is 0.214 e. The summed E-state index contributed by atoms with van der Waals surface area (Å²) in [5.74, 6) is 0.631. The van der Waals surface area contributed by atoms with E-state index in [2.05, 4.69) is 15.5 Å². The van der Waals surface area contributed by atoms with E-state index in [4.69, 9.17) is 9.47 Å². The molecule has 26 heavy (non-hydrogen) atoms. The highest BCUT2D eigenvalue weighted by atomic mass is 32.2. The molecule has 3 rings (SSSR count). The van der Waals surface area contributed by atoms with Crippen molar-refractivity contribution in [3.63, 3.8) is 0 Å². The number of ketones is 1. The molecule has 0 radical (unpaired) electrons. The fourth-order valence-electron chi connectivity index (χ4n) is 2.25. The van der Waals surface area contributed by atoms with Crippen molar-refractivity contribution >= 4 is 17.5 Å². The van der Waals surface area contributed by atoms with Gasteiger partial charge in [0.05, 0.1) is 31.2 Å². The second kappa shape index (κ2) is 7.96. The predicted molar refractivity (Wildman–Crippen MR) is 93.7 cm³/mol. The second-order valence-electron chi connectivity index (χ2n) is 5.13. The highest BCUT2D eigenvalue weighted by molar-refractivity contribution is 7.99. The number of rotatable bonds is 7. The summed E-state index contributed by atoms with van der Waals surface area (Å²) in [4.78, 5) is 12.6. The van der Waals surface area contributed by atoms with Crippen LogP contribution < -0.4 is 9.47 Å². The number of thioether (sulfide) groups is 1. The molecule has 134 valence electrons. The van der Waals surface area contributed by atoms with Gasteiger partial charge in [-0.1, -0.05) is 11.8 Å². The number of benzene rings is 2. The molecule has 0 spiro atoms. The Hall–Kier alpha value is -2.94. The lowest BCUT2D eigenvalue weighted by Crippen LogP contribution is -2.07. The molecular weight excluding hydrogens is 359 g/mol. The smallest absolute Gasteiger partial charge is 0.214 e. The molecule has 0 N–H and O–H groups in total. The Morgan fingerprint density at radius 2 is 1.92 bits per heavy atom. The van der Waals surface area contributed by atoms with Gasteiger partial charge in [0.15, 0.2) is 5.78 Å². The number of hydrogen-bond donors (Lipinski definition) is 0. The summed E-state index contributed by atoms with van der Waals surface area (Å²) in [6, 6.07) is 10.8. The summed E-state index contributed by atoms with van der Waals surface area (Å²) in [5.41, 5.74) is 1.02. The predicted octanol–water partition coefficient (Wildman–Crippen LogP) is 2.79. The lowest BCUT2D eigenvalue weighted by Gasteiger charge is -2.09. The van der Waals surface area contributed by atoms with Crippen LogP contribution in [0.2, 0.25) is 0 Å². The summed E-state index contributed by atoms with van der Waals surface area (Å²) in [6.45, 7) is 0. The average Bonchev–Trinajstić information content (AvgIpc) is 3.14. The minimum atomic E-state index is -0.351. The minimum Gasteiger partial charge on any atom is -0.497 e. The third kappa shape index (κ3) is 3.83. The van der Waals surface area contributed by atoms with Crippen molar-refractivity contribution in [1.29, 1.82) is 0 Å². The fourth-order valence-corrected chi connectivity index (χ4v) is 3.03. The van der Waals surface area contributed by atoms with Crippen molar-refractivity contribution in [2.45, 2.75) is 5.16 Å². The summed E-state index contributed by atoms with van der Waals surface area (Å²) in [6.07, 6.45) is 0. The van der Waals surface area contributed by atoms with Crippen molar-refractivity contribution < 1.29 is 18.7 Å². The summed E-state index contributed by atoms with van der Waals surface area (Å²) < 4.78 is 24.9. The molecule has 0 bridgehead atoms. The van der Waals surface area contributed by atoms with Gasteiger partial charge in [0.2, 0.25) is 5.16 Å². The van der Waals surface area contributed by atoms with E-state index < -0.39 is 0 Å². The monoisotopic (exact) mass is 374 g/mol. The zero-order valence-corrected chi connectivity index (χ0v) is 14.9. The number of carbonyl (C=O) groups excluding carboxylic acids is 1. The van der Waals surface area contributed by atoms with Crippen LogP contribution in [0.3, 0.4) is 0 Å². The van der Waals surface area contributed by atoms with Crippen molar-refractivity contribution in [1.82, 2.24) is 20.2 Å². The first-order valence-electron chi connectivity index (χ1n) is 7.54. The highest BCUT2D eigenvalue weighted by Crippen LogP contribution is 2.27. The Morgan fingerprint density at radius 1 is 1.15 bits per heavy atom. The van der Waals surface area contributed by atoms with E-state index in [1.807, 2.05) is 0 Å². The lowest BCUT2D eigenvalue weighted by molar-refractivity contribution is 0.101. The third-order valence-corrected chi connectivity index (χ3v) is 4.47. The van der Waals surface area contributed by atoms with E-state index in [0.717, 1.165) is 0 Å². The molecule has 0 aliphatic rings. The number of hydrogen-bond acceptors (Lipinski definition) is 7. The van der Waals surface area contributed by atoms with E-state index in [0.29, 0.717) is 27.9 Å². The SMILES string of the molecule is COc1ccc(OC)c(C(=O)CSc2nnnn2-c2ccc(F)cc2)c1. The number of nitrogens with zero attached hydrogens (tertiary/aromatic N) is 4. The van der Waals surface area contributed by atoms with Crippen LogP contribution >= 0.6 is 11.8 Å². The number of carbonyl (C=O) groups is 1. The van der Waals surface area contributed by atoms with E-state index in [1.54, 1.807) is 30.3 Å². The molecule has 2 aromatic carbocycles. The topological polar surface area (TPSA) is 79.1 Å². The Morgan fingerprint density at radius 3 is 2.62 bits per heavy atom. The van der Waals surface area contributed by atoms with Crippen LogP contribution in [0, 0.1) is 5.82 Å². The van der Waals surface area contributed by atoms with Gasteiger partial charge in [0, 0.05) is 0 Å². The summed E-state index contributed by atoms with van der Waals surface area (Å²) in [5, 5.41) is 11.9. The number of halogens is 1. The van der Waals surface area contributed by atoms with Crippen molar-refractivity contribution in [3.05, 3.63) is 53.8 Å². The molecule has 0 fully saturated rings. The van der Waals surface area contributed by atoms with Crippen molar-refractivity contribution in [2.24, 2.45) is 0 Å². The third-order valence-electron chi connectivity index (χ3n) is 3.55. The number of ether oxygens (including phenoxy) is 2.